The zero-order chi connectivity index (χ0) is 19.3. The summed E-state index contributed by atoms with van der Waals surface area (Å²) in [6.07, 6.45) is 13.9. The SMILES string of the molecule is CC1c2ccccc2-c2n(cc[n+]2C)[C@@]1(C)[C@H]1N=C/C=C\Nc2ccncc21. The number of anilines is 1. The average molecular weight is 370 g/mol. The topological polar surface area (TPSA) is 46.1 Å². The first-order valence-corrected chi connectivity index (χ1v) is 9.68. The van der Waals surface area contributed by atoms with Crippen LogP contribution in [0.5, 0.6) is 0 Å². The molecule has 1 N–H and O–H groups in total. The molecule has 2 aliphatic rings. The minimum atomic E-state index is -0.286. The number of aliphatic imine (C=N–C) groups is 1. The molecule has 0 spiro atoms. The van der Waals surface area contributed by atoms with E-state index >= 15 is 0 Å². The van der Waals surface area contributed by atoms with Crippen LogP contribution in [-0.2, 0) is 12.6 Å². The molecule has 2 aromatic heterocycles. The molecule has 0 aliphatic carbocycles. The van der Waals surface area contributed by atoms with Crippen LogP contribution in [0.15, 0.2) is 72.4 Å². The van der Waals surface area contributed by atoms with Gasteiger partial charge in [0.15, 0.2) is 0 Å². The Balaban J connectivity index is 1.80. The van der Waals surface area contributed by atoms with Crippen LogP contribution in [0, 0.1) is 0 Å². The van der Waals surface area contributed by atoms with Gasteiger partial charge in [-0.05, 0) is 30.7 Å². The first-order chi connectivity index (χ1) is 13.6. The van der Waals surface area contributed by atoms with Crippen molar-refractivity contribution in [2.75, 3.05) is 5.32 Å². The van der Waals surface area contributed by atoms with E-state index in [0.717, 1.165) is 11.3 Å². The van der Waals surface area contributed by atoms with Gasteiger partial charge in [0.2, 0.25) is 0 Å². The molecular formula is C23H24N5+. The minimum Gasteiger partial charge on any atom is -0.361 e. The number of allylic oxidation sites excluding steroid dienone is 1. The molecular weight excluding hydrogens is 346 g/mol. The summed E-state index contributed by atoms with van der Waals surface area (Å²) >= 11 is 0. The number of nitrogens with zero attached hydrogens (tertiary/aromatic N) is 4. The zero-order valence-corrected chi connectivity index (χ0v) is 16.4. The lowest BCUT2D eigenvalue weighted by Gasteiger charge is -2.42. The number of benzene rings is 1. The van der Waals surface area contributed by atoms with Crippen LogP contribution in [0.3, 0.4) is 0 Å². The highest BCUT2D eigenvalue weighted by molar-refractivity contribution is 5.74. The summed E-state index contributed by atoms with van der Waals surface area (Å²) in [4.78, 5) is 9.45. The third kappa shape index (κ3) is 2.22. The Labute approximate surface area is 165 Å². The van der Waals surface area contributed by atoms with E-state index in [9.17, 15) is 0 Å². The van der Waals surface area contributed by atoms with E-state index in [-0.39, 0.29) is 17.5 Å². The first kappa shape index (κ1) is 16.9. The Morgan fingerprint density at radius 3 is 2.93 bits per heavy atom. The van der Waals surface area contributed by atoms with E-state index in [1.807, 2.05) is 37.0 Å². The number of aryl methyl sites for hydroxylation is 1. The molecule has 3 atom stereocenters. The lowest BCUT2D eigenvalue weighted by atomic mass is 9.70. The first-order valence-electron chi connectivity index (χ1n) is 9.68. The Bertz CT molecular complexity index is 1110. The predicted octanol–water partition coefficient (Wildman–Crippen LogP) is 3.96. The molecule has 5 nitrogen and oxygen atoms in total. The molecule has 0 fully saturated rings. The van der Waals surface area contributed by atoms with Crippen molar-refractivity contribution in [2.45, 2.75) is 31.3 Å². The standard InChI is InChI=1S/C23H24N5/c1-16-17-7-4-5-8-18(17)22-27(3)13-14-28(22)23(16,2)21-19-15-24-12-9-20(19)25-10-6-11-26-21/h4-16,21,25H,1-3H3/q+1/b10-6-,26-11?/t16?,21-,23+/m0/s1. The number of hydrogen-bond donors (Lipinski definition) is 1. The zero-order valence-electron chi connectivity index (χ0n) is 16.4. The molecule has 0 bridgehead atoms. The van der Waals surface area contributed by atoms with Crippen LogP contribution in [0.25, 0.3) is 11.4 Å². The van der Waals surface area contributed by atoms with Crippen LogP contribution in [0.1, 0.15) is 36.9 Å². The molecule has 0 amide bonds. The third-order valence-electron chi connectivity index (χ3n) is 6.42. The number of hydrogen-bond acceptors (Lipinski definition) is 3. The van der Waals surface area contributed by atoms with E-state index in [2.05, 4.69) is 77.0 Å². The van der Waals surface area contributed by atoms with Crippen molar-refractivity contribution < 1.29 is 4.57 Å². The van der Waals surface area contributed by atoms with Gasteiger partial charge in [0.25, 0.3) is 5.82 Å². The van der Waals surface area contributed by atoms with Crippen LogP contribution < -0.4 is 9.88 Å². The van der Waals surface area contributed by atoms with Gasteiger partial charge in [0.05, 0.1) is 12.6 Å². The molecule has 5 heteroatoms. The van der Waals surface area contributed by atoms with E-state index in [4.69, 9.17) is 4.99 Å². The number of rotatable bonds is 1. The van der Waals surface area contributed by atoms with Crippen molar-refractivity contribution in [1.82, 2.24) is 9.55 Å². The summed E-state index contributed by atoms with van der Waals surface area (Å²) < 4.78 is 4.61. The number of aromatic nitrogens is 3. The van der Waals surface area contributed by atoms with Gasteiger partial charge >= 0.3 is 0 Å². The van der Waals surface area contributed by atoms with Crippen LogP contribution >= 0.6 is 0 Å². The van der Waals surface area contributed by atoms with Gasteiger partial charge in [-0.2, -0.15) is 0 Å². The van der Waals surface area contributed by atoms with Gasteiger partial charge in [0, 0.05) is 42.0 Å². The second kappa shape index (κ2) is 6.16. The molecule has 4 heterocycles. The second-order valence-corrected chi connectivity index (χ2v) is 7.80. The fourth-order valence-corrected chi connectivity index (χ4v) is 4.78. The van der Waals surface area contributed by atoms with Crippen molar-refractivity contribution in [1.29, 1.82) is 0 Å². The summed E-state index contributed by atoms with van der Waals surface area (Å²) in [6, 6.07) is 10.7. The normalized spacial score (nSPS) is 26.2. The van der Waals surface area contributed by atoms with Gasteiger partial charge < -0.3 is 5.32 Å². The molecule has 0 radical (unpaired) electrons. The van der Waals surface area contributed by atoms with Crippen LogP contribution in [0.2, 0.25) is 0 Å². The molecule has 1 aromatic carbocycles. The fraction of sp³-hybridized carbons (Fsp3) is 0.261. The number of fused-ring (bicyclic) bond motifs is 4. The second-order valence-electron chi connectivity index (χ2n) is 7.80. The van der Waals surface area contributed by atoms with E-state index in [1.54, 1.807) is 0 Å². The molecule has 2 aliphatic heterocycles. The number of pyridine rings is 1. The van der Waals surface area contributed by atoms with Crippen molar-refractivity contribution in [3.05, 3.63) is 78.5 Å². The maximum atomic E-state index is 5.03. The molecule has 1 unspecified atom stereocenters. The van der Waals surface area contributed by atoms with Crippen LogP contribution in [-0.4, -0.2) is 15.8 Å². The summed E-state index contributed by atoms with van der Waals surface area (Å²) in [7, 11) is 2.11. The van der Waals surface area contributed by atoms with Crippen molar-refractivity contribution in [2.24, 2.45) is 12.0 Å². The number of nitrogens with one attached hydrogen (secondary N) is 1. The summed E-state index contributed by atoms with van der Waals surface area (Å²) in [5.41, 5.74) is 4.53. The van der Waals surface area contributed by atoms with Gasteiger partial charge in [-0.15, -0.1) is 0 Å². The lowest BCUT2D eigenvalue weighted by molar-refractivity contribution is -0.660. The quantitative estimate of drug-likeness (QED) is 0.659. The van der Waals surface area contributed by atoms with Crippen molar-refractivity contribution >= 4 is 11.9 Å². The van der Waals surface area contributed by atoms with Gasteiger partial charge in [-0.1, -0.05) is 25.1 Å². The highest BCUT2D eigenvalue weighted by atomic mass is 15.2. The third-order valence-corrected chi connectivity index (χ3v) is 6.42. The molecule has 0 saturated carbocycles. The predicted molar refractivity (Wildman–Crippen MR) is 111 cm³/mol. The molecule has 140 valence electrons. The van der Waals surface area contributed by atoms with Gasteiger partial charge in [-0.25, -0.2) is 9.13 Å². The largest absolute Gasteiger partial charge is 0.361 e. The molecule has 0 saturated heterocycles. The van der Waals surface area contributed by atoms with Crippen LogP contribution in [0.4, 0.5) is 5.69 Å². The Kier molecular flexibility index (Phi) is 3.72. The fourth-order valence-electron chi connectivity index (χ4n) is 4.78. The smallest absolute Gasteiger partial charge is 0.289 e. The molecule has 3 aromatic rings. The lowest BCUT2D eigenvalue weighted by Crippen LogP contribution is -2.46. The van der Waals surface area contributed by atoms with E-state index in [1.165, 1.54) is 17.0 Å². The number of imidazole rings is 1. The highest BCUT2D eigenvalue weighted by Gasteiger charge is 2.52. The maximum Gasteiger partial charge on any atom is 0.289 e. The molecule has 5 rings (SSSR count). The summed E-state index contributed by atoms with van der Waals surface area (Å²) in [5, 5.41) is 3.39. The highest BCUT2D eigenvalue weighted by Crippen LogP contribution is 2.53. The van der Waals surface area contributed by atoms with Gasteiger partial charge in [-0.3, -0.25) is 9.98 Å². The van der Waals surface area contributed by atoms with Crippen molar-refractivity contribution in [3.8, 4) is 11.4 Å². The molecule has 28 heavy (non-hydrogen) atoms. The Hall–Kier alpha value is -3.21. The Morgan fingerprint density at radius 1 is 1.18 bits per heavy atom. The Morgan fingerprint density at radius 2 is 2.04 bits per heavy atom. The average Bonchev–Trinajstić information content (AvgIpc) is 3.09. The monoisotopic (exact) mass is 370 g/mol. The van der Waals surface area contributed by atoms with Gasteiger partial charge in [0.1, 0.15) is 24.0 Å². The minimum absolute atomic E-state index is 0.0804. The maximum absolute atomic E-state index is 5.03. The summed E-state index contributed by atoms with van der Waals surface area (Å²) in [6.45, 7) is 4.64. The summed E-state index contributed by atoms with van der Waals surface area (Å²) in [5.74, 6) is 1.48. The van der Waals surface area contributed by atoms with E-state index in [0.29, 0.717) is 0 Å². The van der Waals surface area contributed by atoms with E-state index < -0.39 is 0 Å². The van der Waals surface area contributed by atoms with Crippen molar-refractivity contribution in [3.63, 3.8) is 0 Å².